The van der Waals surface area contributed by atoms with Gasteiger partial charge in [-0.05, 0) is 24.3 Å². The highest BCUT2D eigenvalue weighted by Gasteiger charge is 2.16. The molecule has 0 unspecified atom stereocenters. The molecule has 0 amide bonds. The number of rotatable bonds is 4. The molecule has 176 valence electrons. The van der Waals surface area contributed by atoms with Crippen LogP contribution < -0.4 is 0 Å². The largest absolute Gasteiger partial charge is 0.438 e. The van der Waals surface area contributed by atoms with Crippen molar-refractivity contribution in [1.82, 2.24) is 29.5 Å². The molecule has 7 aromatic rings. The van der Waals surface area contributed by atoms with Crippen molar-refractivity contribution in [3.05, 3.63) is 103 Å². The normalized spacial score (nSPS) is 11.4. The lowest BCUT2D eigenvalue weighted by molar-refractivity contribution is 0.654. The lowest BCUT2D eigenvalue weighted by atomic mass is 10.1. The molecule has 0 saturated carbocycles. The third kappa shape index (κ3) is 3.73. The molecule has 0 aliphatic rings. The maximum Gasteiger partial charge on any atom is 0.227 e. The number of hydrogen-bond donors (Lipinski definition) is 0. The molecule has 4 heterocycles. The topological polar surface area (TPSA) is 82.5 Å². The van der Waals surface area contributed by atoms with E-state index >= 15 is 0 Å². The first-order valence-corrected chi connectivity index (χ1v) is 11.9. The first-order chi connectivity index (χ1) is 18.2. The Morgan fingerprint density at radius 1 is 0.622 bits per heavy atom. The Kier molecular flexibility index (Phi) is 4.85. The van der Waals surface area contributed by atoms with Gasteiger partial charge in [0, 0.05) is 46.9 Å². The zero-order chi connectivity index (χ0) is 24.8. The van der Waals surface area contributed by atoms with E-state index in [1.807, 2.05) is 96.7 Å². The smallest absolute Gasteiger partial charge is 0.227 e. The van der Waals surface area contributed by atoms with Crippen molar-refractivity contribution in [2.24, 2.45) is 7.05 Å². The van der Waals surface area contributed by atoms with Crippen LogP contribution in [0, 0.1) is 0 Å². The van der Waals surface area contributed by atoms with Crippen molar-refractivity contribution in [3.63, 3.8) is 0 Å². The van der Waals surface area contributed by atoms with Crippen molar-refractivity contribution < 1.29 is 4.42 Å². The van der Waals surface area contributed by atoms with Crippen LogP contribution in [0.1, 0.15) is 0 Å². The van der Waals surface area contributed by atoms with Crippen LogP contribution in [0.15, 0.2) is 108 Å². The maximum atomic E-state index is 6.20. The summed E-state index contributed by atoms with van der Waals surface area (Å²) in [6.07, 6.45) is 3.71. The Morgan fingerprint density at radius 2 is 1.27 bits per heavy atom. The summed E-state index contributed by atoms with van der Waals surface area (Å²) in [7, 11) is 1.97. The molecule has 3 aromatic carbocycles. The molecule has 7 nitrogen and oxygen atoms in total. The minimum Gasteiger partial charge on any atom is -0.438 e. The number of imidazole rings is 1. The van der Waals surface area contributed by atoms with Gasteiger partial charge in [-0.1, -0.05) is 66.7 Å². The highest BCUT2D eigenvalue weighted by Crippen LogP contribution is 2.32. The molecule has 0 aliphatic heterocycles. The van der Waals surface area contributed by atoms with E-state index in [2.05, 4.69) is 17.1 Å². The summed E-state index contributed by atoms with van der Waals surface area (Å²) in [6.45, 7) is 0. The highest BCUT2D eigenvalue weighted by molar-refractivity contribution is 6.05. The van der Waals surface area contributed by atoms with Crippen LogP contribution >= 0.6 is 0 Å². The zero-order valence-corrected chi connectivity index (χ0v) is 19.9. The molecule has 0 spiro atoms. The van der Waals surface area contributed by atoms with E-state index in [0.29, 0.717) is 28.9 Å². The van der Waals surface area contributed by atoms with E-state index in [1.54, 1.807) is 6.20 Å². The quantitative estimate of drug-likeness (QED) is 0.283. The van der Waals surface area contributed by atoms with Gasteiger partial charge in [0.25, 0.3) is 0 Å². The van der Waals surface area contributed by atoms with Crippen LogP contribution in [0.25, 0.3) is 67.8 Å². The Morgan fingerprint density at radius 3 is 1.92 bits per heavy atom. The highest BCUT2D eigenvalue weighted by atomic mass is 16.3. The monoisotopic (exact) mass is 480 g/mol. The molecule has 4 aromatic heterocycles. The molecule has 0 radical (unpaired) electrons. The van der Waals surface area contributed by atoms with Crippen molar-refractivity contribution >= 4 is 22.1 Å². The van der Waals surface area contributed by atoms with Gasteiger partial charge < -0.3 is 8.98 Å². The summed E-state index contributed by atoms with van der Waals surface area (Å²) < 4.78 is 8.19. The lowest BCUT2D eigenvalue weighted by Gasteiger charge is -2.07. The zero-order valence-electron chi connectivity index (χ0n) is 19.9. The van der Waals surface area contributed by atoms with Gasteiger partial charge in [-0.25, -0.2) is 24.9 Å². The third-order valence-corrected chi connectivity index (χ3v) is 6.35. The molecule has 0 bridgehead atoms. The Balaban J connectivity index is 1.37. The molecule has 7 heteroatoms. The minimum atomic E-state index is 0.490. The first-order valence-electron chi connectivity index (χ1n) is 11.9. The summed E-state index contributed by atoms with van der Waals surface area (Å²) in [5.41, 5.74) is 4.72. The first kappa shape index (κ1) is 21.1. The average Bonchev–Trinajstić information content (AvgIpc) is 3.55. The molecule has 0 saturated heterocycles. The van der Waals surface area contributed by atoms with Crippen LogP contribution in [-0.2, 0) is 7.05 Å². The van der Waals surface area contributed by atoms with Gasteiger partial charge in [-0.3, -0.25) is 0 Å². The predicted octanol–water partition coefficient (Wildman–Crippen LogP) is 6.57. The molecular formula is C30H20N6O. The fourth-order valence-electron chi connectivity index (χ4n) is 4.49. The van der Waals surface area contributed by atoms with Crippen LogP contribution in [0.3, 0.4) is 0 Å². The molecule has 0 atom stereocenters. The van der Waals surface area contributed by atoms with Crippen LogP contribution in [0.4, 0.5) is 0 Å². The number of aromatic nitrogens is 6. The Hall–Kier alpha value is -5.17. The summed E-state index contributed by atoms with van der Waals surface area (Å²) in [6, 6.07) is 29.8. The second-order valence-electron chi connectivity index (χ2n) is 8.76. The van der Waals surface area contributed by atoms with Crippen molar-refractivity contribution in [3.8, 4) is 45.7 Å². The summed E-state index contributed by atoms with van der Waals surface area (Å²) in [5, 5.41) is 1.93. The molecule has 0 aliphatic carbocycles. The molecular weight excluding hydrogens is 460 g/mol. The van der Waals surface area contributed by atoms with E-state index in [4.69, 9.17) is 24.4 Å². The molecule has 7 rings (SSSR count). The Bertz CT molecular complexity index is 1830. The number of pyridine rings is 1. The second-order valence-corrected chi connectivity index (χ2v) is 8.76. The van der Waals surface area contributed by atoms with Crippen molar-refractivity contribution in [1.29, 1.82) is 0 Å². The van der Waals surface area contributed by atoms with Gasteiger partial charge in [0.2, 0.25) is 5.71 Å². The van der Waals surface area contributed by atoms with Crippen LogP contribution in [-0.4, -0.2) is 29.5 Å². The predicted molar refractivity (Wildman–Crippen MR) is 143 cm³/mol. The standard InChI is InChI=1S/C30H20N6O/c1-36-17-16-31-29(36)21-12-13-22-23-14-15-24(32-30(23)37-25(22)18-21)28-34-26(19-8-4-2-5-9-19)33-27(35-28)20-10-6-3-7-11-20/h2-18H,1H3. The van der Waals surface area contributed by atoms with Gasteiger partial charge >= 0.3 is 0 Å². The van der Waals surface area contributed by atoms with Crippen LogP contribution in [0.5, 0.6) is 0 Å². The van der Waals surface area contributed by atoms with E-state index in [-0.39, 0.29) is 0 Å². The number of nitrogens with zero attached hydrogens (tertiary/aromatic N) is 6. The van der Waals surface area contributed by atoms with Crippen LogP contribution in [0.2, 0.25) is 0 Å². The number of fused-ring (bicyclic) bond motifs is 3. The van der Waals surface area contributed by atoms with E-state index in [0.717, 1.165) is 38.9 Å². The Labute approximate surface area is 212 Å². The molecule has 0 fully saturated rings. The van der Waals surface area contributed by atoms with Gasteiger partial charge in [0.1, 0.15) is 17.1 Å². The fourth-order valence-corrected chi connectivity index (χ4v) is 4.49. The van der Waals surface area contributed by atoms with Gasteiger partial charge in [-0.2, -0.15) is 0 Å². The lowest BCUT2D eigenvalue weighted by Crippen LogP contribution is -2.01. The van der Waals surface area contributed by atoms with Gasteiger partial charge in [0.05, 0.1) is 0 Å². The summed E-state index contributed by atoms with van der Waals surface area (Å²) >= 11 is 0. The molecule has 37 heavy (non-hydrogen) atoms. The second kappa shape index (κ2) is 8.49. The number of hydrogen-bond acceptors (Lipinski definition) is 6. The molecule has 0 N–H and O–H groups in total. The maximum absolute atomic E-state index is 6.20. The van der Waals surface area contributed by atoms with Crippen molar-refractivity contribution in [2.45, 2.75) is 0 Å². The number of benzene rings is 3. The SMILES string of the molecule is Cn1ccnc1-c1ccc2c(c1)oc1nc(-c3nc(-c4ccccc4)nc(-c4ccccc4)n3)ccc12. The van der Waals surface area contributed by atoms with E-state index in [9.17, 15) is 0 Å². The summed E-state index contributed by atoms with van der Waals surface area (Å²) in [5.74, 6) is 2.55. The third-order valence-electron chi connectivity index (χ3n) is 6.35. The number of furan rings is 1. The number of aryl methyl sites for hydroxylation is 1. The van der Waals surface area contributed by atoms with Gasteiger partial charge in [-0.15, -0.1) is 0 Å². The van der Waals surface area contributed by atoms with Gasteiger partial charge in [0.15, 0.2) is 17.5 Å². The average molecular weight is 481 g/mol. The van der Waals surface area contributed by atoms with E-state index < -0.39 is 0 Å². The fraction of sp³-hybridized carbons (Fsp3) is 0.0333. The summed E-state index contributed by atoms with van der Waals surface area (Å²) in [4.78, 5) is 23.6. The van der Waals surface area contributed by atoms with E-state index in [1.165, 1.54) is 0 Å². The van der Waals surface area contributed by atoms with Crippen molar-refractivity contribution in [2.75, 3.05) is 0 Å². The minimum absolute atomic E-state index is 0.490.